The van der Waals surface area contributed by atoms with Gasteiger partial charge in [-0.2, -0.15) is 0 Å². The molecule has 4 amide bonds. The van der Waals surface area contributed by atoms with Gasteiger partial charge in [-0.25, -0.2) is 4.98 Å². The molecule has 1 N–H and O–H groups in total. The van der Waals surface area contributed by atoms with Crippen molar-refractivity contribution in [1.29, 1.82) is 0 Å². The molecule has 6 rings (SSSR count). The number of carbonyl (C=O) groups excluding carboxylic acids is 4. The molecule has 0 bridgehead atoms. The molecule has 0 radical (unpaired) electrons. The topological polar surface area (TPSA) is 103 Å². The van der Waals surface area contributed by atoms with Crippen molar-refractivity contribution < 1.29 is 19.2 Å². The molecule has 1 aliphatic carbocycles. The van der Waals surface area contributed by atoms with Gasteiger partial charge in [0.1, 0.15) is 11.9 Å². The van der Waals surface area contributed by atoms with E-state index in [9.17, 15) is 19.2 Å². The van der Waals surface area contributed by atoms with Crippen molar-refractivity contribution in [3.8, 4) is 0 Å². The largest absolute Gasteiger partial charge is 0.357 e. The molecule has 1 saturated carbocycles. The van der Waals surface area contributed by atoms with Gasteiger partial charge in [-0.3, -0.25) is 24.5 Å². The normalized spacial score (nSPS) is 25.4. The first kappa shape index (κ1) is 26.3. The fraction of sp³-hybridized carbons (Fsp3) is 0.700. The molecule has 9 nitrogen and oxygen atoms in total. The van der Waals surface area contributed by atoms with Crippen molar-refractivity contribution in [1.82, 2.24) is 20.1 Å². The summed E-state index contributed by atoms with van der Waals surface area (Å²) in [5.41, 5.74) is 1.28. The average Bonchev–Trinajstić information content (AvgIpc) is 3.60. The second kappa shape index (κ2) is 11.3. The number of anilines is 1. The number of rotatable bonds is 6. The Kier molecular flexibility index (Phi) is 7.58. The molecule has 4 fully saturated rings. The number of nitrogens with zero attached hydrogens (tertiary/aromatic N) is 4. The Balaban J connectivity index is 0.979. The lowest BCUT2D eigenvalue weighted by molar-refractivity contribution is -0.137. The molecule has 3 saturated heterocycles. The Labute approximate surface area is 230 Å². The summed E-state index contributed by atoms with van der Waals surface area (Å²) in [5.74, 6) is 2.57. The summed E-state index contributed by atoms with van der Waals surface area (Å²) in [5, 5.41) is 2.35. The summed E-state index contributed by atoms with van der Waals surface area (Å²) in [6, 6.07) is 3.16. The van der Waals surface area contributed by atoms with Gasteiger partial charge < -0.3 is 14.7 Å². The first-order chi connectivity index (χ1) is 19.0. The van der Waals surface area contributed by atoms with Crippen LogP contribution in [0.4, 0.5) is 5.82 Å². The van der Waals surface area contributed by atoms with E-state index in [1.54, 1.807) is 4.90 Å². The van der Waals surface area contributed by atoms with Crippen molar-refractivity contribution in [3.63, 3.8) is 0 Å². The lowest BCUT2D eigenvalue weighted by Crippen LogP contribution is -2.52. The van der Waals surface area contributed by atoms with Gasteiger partial charge in [0.05, 0.1) is 17.8 Å². The fourth-order valence-electron chi connectivity index (χ4n) is 7.61. The number of hydrogen-bond donors (Lipinski definition) is 1. The van der Waals surface area contributed by atoms with E-state index in [2.05, 4.69) is 15.1 Å². The predicted octanol–water partition coefficient (Wildman–Crippen LogP) is 3.27. The molecule has 1 aromatic heterocycles. The van der Waals surface area contributed by atoms with Crippen LogP contribution in [0.2, 0.25) is 0 Å². The molecule has 210 valence electrons. The maximum Gasteiger partial charge on any atom is 0.256 e. The molecule has 0 spiro atoms. The molecule has 4 aliphatic heterocycles. The zero-order valence-corrected chi connectivity index (χ0v) is 22.9. The van der Waals surface area contributed by atoms with E-state index in [0.717, 1.165) is 76.4 Å². The number of nitrogens with one attached hydrogen (secondary N) is 1. The standard InChI is InChI=1S/C30H41N5O4/c36-27-9-7-25(29(38)32-27)35-19-24-23(30(35)39)6-8-26(31-24)33-15-11-21(12-16-33)22-13-17-34(18-14-22)28(37)10-5-20-3-1-2-4-20/h6,8,20-22,25H,1-5,7,9-19H2,(H,32,36,38). The minimum atomic E-state index is -0.613. The first-order valence-electron chi connectivity index (χ1n) is 15.1. The third kappa shape index (κ3) is 5.54. The Morgan fingerprint density at radius 1 is 0.897 bits per heavy atom. The summed E-state index contributed by atoms with van der Waals surface area (Å²) >= 11 is 0. The molecule has 1 aromatic rings. The highest BCUT2D eigenvalue weighted by Crippen LogP contribution is 2.35. The Morgan fingerprint density at radius 2 is 1.59 bits per heavy atom. The Morgan fingerprint density at radius 3 is 2.28 bits per heavy atom. The van der Waals surface area contributed by atoms with E-state index in [-0.39, 0.29) is 18.2 Å². The van der Waals surface area contributed by atoms with Gasteiger partial charge in [-0.15, -0.1) is 0 Å². The maximum atomic E-state index is 13.0. The van der Waals surface area contributed by atoms with Crippen molar-refractivity contribution in [3.05, 3.63) is 23.4 Å². The molecule has 5 aliphatic rings. The molecule has 0 aromatic carbocycles. The van der Waals surface area contributed by atoms with Crippen molar-refractivity contribution >= 4 is 29.4 Å². The van der Waals surface area contributed by atoms with Crippen LogP contribution in [0.3, 0.4) is 0 Å². The number of likely N-dealkylation sites (tertiary alicyclic amines) is 1. The summed E-state index contributed by atoms with van der Waals surface area (Å²) in [4.78, 5) is 60.4. The Hall–Kier alpha value is -2.97. The minimum Gasteiger partial charge on any atom is -0.357 e. The number of hydrogen-bond acceptors (Lipinski definition) is 6. The predicted molar refractivity (Wildman–Crippen MR) is 146 cm³/mol. The molecule has 1 unspecified atom stereocenters. The zero-order chi connectivity index (χ0) is 26.9. The van der Waals surface area contributed by atoms with Gasteiger partial charge in [0.15, 0.2) is 0 Å². The lowest BCUT2D eigenvalue weighted by Gasteiger charge is -2.40. The molecule has 5 heterocycles. The number of pyridine rings is 1. The number of piperidine rings is 3. The van der Waals surface area contributed by atoms with E-state index < -0.39 is 11.9 Å². The quantitative estimate of drug-likeness (QED) is 0.561. The zero-order valence-electron chi connectivity index (χ0n) is 22.9. The third-order valence-corrected chi connectivity index (χ3v) is 10.0. The summed E-state index contributed by atoms with van der Waals surface area (Å²) in [6.45, 7) is 4.03. The highest BCUT2D eigenvalue weighted by molar-refractivity contribution is 6.05. The monoisotopic (exact) mass is 535 g/mol. The van der Waals surface area contributed by atoms with Crippen LogP contribution in [0, 0.1) is 17.8 Å². The van der Waals surface area contributed by atoms with E-state index >= 15 is 0 Å². The number of carbonyl (C=O) groups is 4. The van der Waals surface area contributed by atoms with Crippen LogP contribution in [0.1, 0.15) is 93.1 Å². The summed E-state index contributed by atoms with van der Waals surface area (Å²) < 4.78 is 0. The highest BCUT2D eigenvalue weighted by Gasteiger charge is 2.40. The van der Waals surface area contributed by atoms with Crippen LogP contribution in [-0.2, 0) is 20.9 Å². The van der Waals surface area contributed by atoms with E-state index in [1.165, 1.54) is 25.7 Å². The van der Waals surface area contributed by atoms with Crippen molar-refractivity contribution in [2.24, 2.45) is 17.8 Å². The summed E-state index contributed by atoms with van der Waals surface area (Å²) in [6.07, 6.45) is 12.2. The summed E-state index contributed by atoms with van der Waals surface area (Å²) in [7, 11) is 0. The van der Waals surface area contributed by atoms with Gasteiger partial charge >= 0.3 is 0 Å². The minimum absolute atomic E-state index is 0.180. The molecule has 39 heavy (non-hydrogen) atoms. The van der Waals surface area contributed by atoms with E-state index in [0.29, 0.717) is 42.0 Å². The van der Waals surface area contributed by atoms with Crippen LogP contribution in [-0.4, -0.2) is 70.6 Å². The number of aromatic nitrogens is 1. The third-order valence-electron chi connectivity index (χ3n) is 10.0. The SMILES string of the molecule is O=C1CCC(N2Cc3nc(N4CCC(C5CCN(C(=O)CCC6CCCC6)CC5)CC4)ccc3C2=O)C(=O)N1. The molecular formula is C30H41N5O4. The average molecular weight is 536 g/mol. The number of fused-ring (bicyclic) bond motifs is 1. The highest BCUT2D eigenvalue weighted by atomic mass is 16.2. The maximum absolute atomic E-state index is 13.0. The van der Waals surface area contributed by atoms with Crippen molar-refractivity contribution in [2.45, 2.75) is 89.6 Å². The molecule has 1 atom stereocenters. The van der Waals surface area contributed by atoms with Crippen molar-refractivity contribution in [2.75, 3.05) is 31.1 Å². The van der Waals surface area contributed by atoms with Gasteiger partial charge in [0.2, 0.25) is 17.7 Å². The molecule has 9 heteroatoms. The number of imide groups is 1. The van der Waals surface area contributed by atoms with Gasteiger partial charge in [0.25, 0.3) is 5.91 Å². The smallest absolute Gasteiger partial charge is 0.256 e. The fourth-order valence-corrected chi connectivity index (χ4v) is 7.61. The molecular weight excluding hydrogens is 494 g/mol. The Bertz CT molecular complexity index is 1120. The lowest BCUT2D eigenvalue weighted by atomic mass is 9.78. The van der Waals surface area contributed by atoms with Crippen LogP contribution >= 0.6 is 0 Å². The first-order valence-corrected chi connectivity index (χ1v) is 15.1. The second-order valence-electron chi connectivity index (χ2n) is 12.3. The van der Waals surface area contributed by atoms with Gasteiger partial charge in [-0.1, -0.05) is 25.7 Å². The van der Waals surface area contributed by atoms with Crippen LogP contribution < -0.4 is 10.2 Å². The van der Waals surface area contributed by atoms with Crippen LogP contribution in [0.25, 0.3) is 0 Å². The van der Waals surface area contributed by atoms with Crippen LogP contribution in [0.15, 0.2) is 12.1 Å². The van der Waals surface area contributed by atoms with Gasteiger partial charge in [-0.05, 0) is 68.4 Å². The van der Waals surface area contributed by atoms with Gasteiger partial charge in [0, 0.05) is 39.0 Å². The second-order valence-corrected chi connectivity index (χ2v) is 12.3. The van der Waals surface area contributed by atoms with E-state index in [1.807, 2.05) is 12.1 Å². The van der Waals surface area contributed by atoms with E-state index in [4.69, 9.17) is 4.98 Å². The van der Waals surface area contributed by atoms with Crippen LogP contribution in [0.5, 0.6) is 0 Å². The number of amides is 4.